The molecule has 5 atom stereocenters. The summed E-state index contributed by atoms with van der Waals surface area (Å²) in [7, 11) is 0. The van der Waals surface area contributed by atoms with E-state index in [1.165, 1.54) is 32.5 Å². The Morgan fingerprint density at radius 2 is 1.23 bits per heavy atom. The zero-order valence-corrected chi connectivity index (χ0v) is 21.6. The minimum atomic E-state index is -0.327. The SMILES string of the molecule is CC(=O)NC(C)C(C)S.CC(=O)NC(C)C(C)SCC(N)=O.CCC(C)NC(C)=O. The zero-order valence-electron chi connectivity index (χ0n) is 19.9. The summed E-state index contributed by atoms with van der Waals surface area (Å²) in [5.41, 5.74) is 5.00. The standard InChI is InChI=1S/C8H16N2O2S.C6H13NOS.C6H13NO/c1-5(10-7(3)11)6(2)13-4-8(9)12;1-4(5(2)9)7-6(3)8;1-4-5(2)7-6(3)8/h5-6H,4H2,1-3H3,(H2,9,12)(H,10,11);4-5,9H,1-3H3,(H,7,8);5H,4H2,1-3H3,(H,7,8). The Bertz CT molecular complexity index is 519. The molecule has 0 aromatic carbocycles. The van der Waals surface area contributed by atoms with Crippen molar-refractivity contribution in [3.8, 4) is 0 Å². The molecule has 0 rings (SSSR count). The molecule has 30 heavy (non-hydrogen) atoms. The van der Waals surface area contributed by atoms with Crippen LogP contribution >= 0.6 is 24.4 Å². The van der Waals surface area contributed by atoms with Gasteiger partial charge in [-0.1, -0.05) is 20.8 Å². The first-order valence-electron chi connectivity index (χ1n) is 10.0. The number of thiol groups is 1. The summed E-state index contributed by atoms with van der Waals surface area (Å²) < 4.78 is 0. The van der Waals surface area contributed by atoms with Gasteiger partial charge in [0.2, 0.25) is 23.6 Å². The van der Waals surface area contributed by atoms with Gasteiger partial charge in [0.25, 0.3) is 0 Å². The lowest BCUT2D eigenvalue weighted by Crippen LogP contribution is -2.37. The summed E-state index contributed by atoms with van der Waals surface area (Å²) in [6.07, 6.45) is 1.000. The number of carbonyl (C=O) groups is 4. The number of rotatable bonds is 9. The minimum Gasteiger partial charge on any atom is -0.369 e. The van der Waals surface area contributed by atoms with Crippen molar-refractivity contribution in [2.75, 3.05) is 5.75 Å². The van der Waals surface area contributed by atoms with Crippen molar-refractivity contribution in [2.24, 2.45) is 5.73 Å². The van der Waals surface area contributed by atoms with Gasteiger partial charge in [-0.3, -0.25) is 19.2 Å². The maximum Gasteiger partial charge on any atom is 0.227 e. The van der Waals surface area contributed by atoms with Crippen LogP contribution in [0.15, 0.2) is 0 Å². The molecular weight excluding hydrogens is 424 g/mol. The second kappa shape index (κ2) is 19.5. The van der Waals surface area contributed by atoms with Crippen molar-refractivity contribution < 1.29 is 19.2 Å². The lowest BCUT2D eigenvalue weighted by atomic mass is 10.2. The van der Waals surface area contributed by atoms with Crippen molar-refractivity contribution in [1.29, 1.82) is 0 Å². The van der Waals surface area contributed by atoms with Crippen LogP contribution in [-0.4, -0.2) is 58.0 Å². The summed E-state index contributed by atoms with van der Waals surface area (Å²) in [4.78, 5) is 41.9. The van der Waals surface area contributed by atoms with Gasteiger partial charge in [0.15, 0.2) is 0 Å². The fourth-order valence-electron chi connectivity index (χ4n) is 1.69. The highest BCUT2D eigenvalue weighted by molar-refractivity contribution is 8.00. The third-order valence-corrected chi connectivity index (χ3v) is 5.67. The second-order valence-electron chi connectivity index (χ2n) is 7.21. The Balaban J connectivity index is -0.000000379. The van der Waals surface area contributed by atoms with E-state index in [2.05, 4.69) is 28.6 Å². The Labute approximate surface area is 192 Å². The van der Waals surface area contributed by atoms with Crippen LogP contribution in [0.5, 0.6) is 0 Å². The minimum absolute atomic E-state index is 0.00315. The first kappa shape index (κ1) is 33.2. The quantitative estimate of drug-likeness (QED) is 0.331. The molecule has 5 N–H and O–H groups in total. The first-order valence-corrected chi connectivity index (χ1v) is 11.6. The van der Waals surface area contributed by atoms with Gasteiger partial charge in [0.1, 0.15) is 0 Å². The van der Waals surface area contributed by atoms with Gasteiger partial charge < -0.3 is 21.7 Å². The molecule has 5 unspecified atom stereocenters. The molecule has 0 bridgehead atoms. The van der Waals surface area contributed by atoms with Crippen LogP contribution in [0.4, 0.5) is 0 Å². The number of nitrogens with one attached hydrogen (secondary N) is 3. The number of hydrogen-bond acceptors (Lipinski definition) is 6. The van der Waals surface area contributed by atoms with Crippen molar-refractivity contribution in [3.63, 3.8) is 0 Å². The van der Waals surface area contributed by atoms with E-state index in [-0.39, 0.29) is 46.2 Å². The molecule has 0 fully saturated rings. The van der Waals surface area contributed by atoms with Gasteiger partial charge in [-0.2, -0.15) is 12.6 Å². The monoisotopic (exact) mass is 466 g/mol. The van der Waals surface area contributed by atoms with E-state index in [1.54, 1.807) is 0 Å². The summed E-state index contributed by atoms with van der Waals surface area (Å²) in [5.74, 6) is -0.0286. The second-order valence-corrected chi connectivity index (χ2v) is 9.39. The molecule has 0 aliphatic carbocycles. The normalized spacial score (nSPS) is 14.7. The maximum absolute atomic E-state index is 10.7. The van der Waals surface area contributed by atoms with Crippen LogP contribution in [0, 0.1) is 0 Å². The molecule has 0 aliphatic rings. The van der Waals surface area contributed by atoms with E-state index in [0.29, 0.717) is 11.8 Å². The Kier molecular flexibility index (Phi) is 21.6. The lowest BCUT2D eigenvalue weighted by Gasteiger charge is -2.19. The van der Waals surface area contributed by atoms with Crippen LogP contribution < -0.4 is 21.7 Å². The summed E-state index contributed by atoms with van der Waals surface area (Å²) in [6, 6.07) is 0.542. The van der Waals surface area contributed by atoms with Gasteiger partial charge in [0.05, 0.1) is 5.75 Å². The summed E-state index contributed by atoms with van der Waals surface area (Å²) >= 11 is 5.60. The Hall–Kier alpha value is -1.42. The molecule has 8 nitrogen and oxygen atoms in total. The number of primary amides is 1. The van der Waals surface area contributed by atoms with Gasteiger partial charge >= 0.3 is 0 Å². The molecule has 0 aromatic heterocycles. The van der Waals surface area contributed by atoms with Crippen molar-refractivity contribution in [2.45, 2.75) is 97.4 Å². The average Bonchev–Trinajstić information content (AvgIpc) is 2.58. The Morgan fingerprint density at radius 1 is 0.833 bits per heavy atom. The van der Waals surface area contributed by atoms with Crippen LogP contribution in [0.3, 0.4) is 0 Å². The highest BCUT2D eigenvalue weighted by atomic mass is 32.2. The van der Waals surface area contributed by atoms with E-state index in [1.807, 2.05) is 41.5 Å². The van der Waals surface area contributed by atoms with Gasteiger partial charge in [-0.05, 0) is 27.2 Å². The van der Waals surface area contributed by atoms with Gasteiger partial charge in [0, 0.05) is 49.4 Å². The van der Waals surface area contributed by atoms with Gasteiger partial charge in [-0.25, -0.2) is 0 Å². The fourth-order valence-corrected chi connectivity index (χ4v) is 2.54. The van der Waals surface area contributed by atoms with E-state index < -0.39 is 0 Å². The smallest absolute Gasteiger partial charge is 0.227 e. The largest absolute Gasteiger partial charge is 0.369 e. The number of amides is 4. The van der Waals surface area contributed by atoms with Gasteiger partial charge in [-0.15, -0.1) is 11.8 Å². The van der Waals surface area contributed by atoms with E-state index in [4.69, 9.17) is 5.73 Å². The predicted octanol–water partition coefficient (Wildman–Crippen LogP) is 1.87. The molecule has 0 aromatic rings. The number of nitrogens with two attached hydrogens (primary N) is 1. The van der Waals surface area contributed by atoms with Crippen LogP contribution in [0.1, 0.15) is 68.7 Å². The predicted molar refractivity (Wildman–Crippen MR) is 130 cm³/mol. The number of hydrogen-bond donors (Lipinski definition) is 5. The molecule has 0 radical (unpaired) electrons. The van der Waals surface area contributed by atoms with Crippen LogP contribution in [0.25, 0.3) is 0 Å². The highest BCUT2D eigenvalue weighted by Gasteiger charge is 2.13. The molecule has 0 aliphatic heterocycles. The molecule has 0 heterocycles. The zero-order chi connectivity index (χ0) is 24.4. The third kappa shape index (κ3) is 26.6. The summed E-state index contributed by atoms with van der Waals surface area (Å²) in [6.45, 7) is 16.3. The molecule has 0 spiro atoms. The Morgan fingerprint density at radius 3 is 1.47 bits per heavy atom. The number of carbonyl (C=O) groups excluding carboxylic acids is 4. The highest BCUT2D eigenvalue weighted by Crippen LogP contribution is 2.13. The van der Waals surface area contributed by atoms with E-state index in [9.17, 15) is 19.2 Å². The van der Waals surface area contributed by atoms with Crippen LogP contribution in [0.2, 0.25) is 0 Å². The molecule has 10 heteroatoms. The topological polar surface area (TPSA) is 130 Å². The molecular formula is C20H42N4O4S2. The fraction of sp³-hybridized carbons (Fsp3) is 0.800. The van der Waals surface area contributed by atoms with Crippen molar-refractivity contribution in [3.05, 3.63) is 0 Å². The lowest BCUT2D eigenvalue weighted by molar-refractivity contribution is -0.120. The van der Waals surface area contributed by atoms with E-state index >= 15 is 0 Å². The summed E-state index contributed by atoms with van der Waals surface area (Å²) in [5, 5.41) is 8.64. The first-order chi connectivity index (χ1) is 13.6. The van der Waals surface area contributed by atoms with Crippen molar-refractivity contribution in [1.82, 2.24) is 16.0 Å². The average molecular weight is 467 g/mol. The molecule has 0 saturated heterocycles. The maximum atomic E-state index is 10.7. The third-order valence-electron chi connectivity index (χ3n) is 3.84. The van der Waals surface area contributed by atoms with Crippen LogP contribution in [-0.2, 0) is 19.2 Å². The molecule has 178 valence electrons. The number of thioether (sulfide) groups is 1. The molecule has 4 amide bonds. The van der Waals surface area contributed by atoms with E-state index in [0.717, 1.165) is 6.42 Å². The molecule has 0 saturated carbocycles. The van der Waals surface area contributed by atoms with Crippen molar-refractivity contribution >= 4 is 48.0 Å².